The molecule has 4 heteroatoms. The smallest absolute Gasteiger partial charge is 0.314 e. The van der Waals surface area contributed by atoms with Gasteiger partial charge in [0.25, 0.3) is 0 Å². The van der Waals surface area contributed by atoms with Crippen molar-refractivity contribution in [2.24, 2.45) is 11.3 Å². The van der Waals surface area contributed by atoms with Crippen LogP contribution in [0, 0.1) is 11.3 Å². The summed E-state index contributed by atoms with van der Waals surface area (Å²) in [5, 5.41) is 33.7. The zero-order valence-corrected chi connectivity index (χ0v) is 31.1. The standard InChI is InChI=1S/C41H60O4/c1-23-25(3)41(36(44)45,22-28-20-32(39(11,12)13)35(43)33(21-28)40(14,15)16)26(4)24(2)29(23)17-27-18-30(37(5,6)7)34(42)31(19-27)38(8,9)10/h18-21,25,42-43H,17,22H2,1-16H3,(H,44,45). The first-order chi connectivity index (χ1) is 20.2. The molecule has 3 rings (SSSR count). The van der Waals surface area contributed by atoms with E-state index in [0.717, 1.165) is 50.1 Å². The number of hydrogen-bond acceptors (Lipinski definition) is 3. The van der Waals surface area contributed by atoms with E-state index in [1.807, 2.05) is 19.1 Å². The van der Waals surface area contributed by atoms with E-state index < -0.39 is 11.4 Å². The number of benzene rings is 2. The van der Waals surface area contributed by atoms with Crippen LogP contribution in [0.1, 0.15) is 144 Å². The highest BCUT2D eigenvalue weighted by molar-refractivity contribution is 5.82. The third kappa shape index (κ3) is 6.76. The SMILES string of the molecule is CC1=C(C)C(Cc2cc(C(C)(C)C)c(O)c(C(C)(C)C)c2)(C(=O)O)C(C)C(C)=C1Cc1cc(C(C)(C)C)c(O)c(C(C)(C)C)c1. The van der Waals surface area contributed by atoms with Gasteiger partial charge in [-0.25, -0.2) is 0 Å². The van der Waals surface area contributed by atoms with Crippen molar-refractivity contribution in [2.75, 3.05) is 0 Å². The van der Waals surface area contributed by atoms with Gasteiger partial charge in [-0.2, -0.15) is 0 Å². The molecule has 0 fully saturated rings. The summed E-state index contributed by atoms with van der Waals surface area (Å²) in [5.74, 6) is -0.393. The third-order valence-electron chi connectivity index (χ3n) is 10.4. The molecular formula is C41H60O4. The number of aliphatic carboxylic acids is 1. The Labute approximate surface area is 273 Å². The van der Waals surface area contributed by atoms with Crippen LogP contribution in [0.3, 0.4) is 0 Å². The van der Waals surface area contributed by atoms with Gasteiger partial charge in [-0.3, -0.25) is 4.79 Å². The van der Waals surface area contributed by atoms with E-state index in [-0.39, 0.29) is 27.6 Å². The van der Waals surface area contributed by atoms with Crippen molar-refractivity contribution in [3.8, 4) is 11.5 Å². The maximum Gasteiger partial charge on any atom is 0.314 e. The Morgan fingerprint density at radius 3 is 1.31 bits per heavy atom. The average Bonchev–Trinajstić information content (AvgIpc) is 2.86. The van der Waals surface area contributed by atoms with Gasteiger partial charge in [0.15, 0.2) is 0 Å². The molecule has 2 aromatic carbocycles. The second-order valence-electron chi connectivity index (χ2n) is 17.8. The number of allylic oxidation sites excluding steroid dienone is 3. The summed E-state index contributed by atoms with van der Waals surface area (Å²) in [5.41, 5.74) is 7.60. The monoisotopic (exact) mass is 616 g/mol. The van der Waals surface area contributed by atoms with E-state index in [2.05, 4.69) is 116 Å². The summed E-state index contributed by atoms with van der Waals surface area (Å²) < 4.78 is 0. The van der Waals surface area contributed by atoms with Crippen LogP contribution in [0.4, 0.5) is 0 Å². The van der Waals surface area contributed by atoms with Crippen LogP contribution in [-0.2, 0) is 39.3 Å². The van der Waals surface area contributed by atoms with Gasteiger partial charge in [-0.1, -0.05) is 125 Å². The highest BCUT2D eigenvalue weighted by atomic mass is 16.4. The van der Waals surface area contributed by atoms with Gasteiger partial charge in [0.1, 0.15) is 11.5 Å². The fraction of sp³-hybridized carbons (Fsp3) is 0.585. The Morgan fingerprint density at radius 2 is 1.00 bits per heavy atom. The van der Waals surface area contributed by atoms with E-state index in [9.17, 15) is 20.1 Å². The molecule has 0 aliphatic heterocycles. The van der Waals surface area contributed by atoms with Gasteiger partial charge in [0.05, 0.1) is 5.41 Å². The first kappa shape index (κ1) is 36.5. The molecule has 0 saturated heterocycles. The number of hydrogen-bond donors (Lipinski definition) is 3. The highest BCUT2D eigenvalue weighted by Gasteiger charge is 2.50. The van der Waals surface area contributed by atoms with Gasteiger partial charge in [0.2, 0.25) is 0 Å². The van der Waals surface area contributed by atoms with Crippen molar-refractivity contribution in [2.45, 2.75) is 145 Å². The Bertz CT molecular complexity index is 1480. The fourth-order valence-corrected chi connectivity index (χ4v) is 7.20. The average molecular weight is 617 g/mol. The van der Waals surface area contributed by atoms with Crippen LogP contribution in [0.25, 0.3) is 0 Å². The van der Waals surface area contributed by atoms with Crippen LogP contribution in [0.2, 0.25) is 0 Å². The van der Waals surface area contributed by atoms with Crippen LogP contribution >= 0.6 is 0 Å². The third-order valence-corrected chi connectivity index (χ3v) is 10.4. The lowest BCUT2D eigenvalue weighted by Crippen LogP contribution is -2.44. The molecule has 0 aromatic heterocycles. The molecule has 1 aliphatic rings. The number of phenols is 2. The molecule has 45 heavy (non-hydrogen) atoms. The summed E-state index contributed by atoms with van der Waals surface area (Å²) in [4.78, 5) is 13.5. The molecule has 0 amide bonds. The first-order valence-corrected chi connectivity index (χ1v) is 16.5. The van der Waals surface area contributed by atoms with E-state index in [1.54, 1.807) is 0 Å². The second-order valence-corrected chi connectivity index (χ2v) is 17.8. The minimum atomic E-state index is -1.12. The van der Waals surface area contributed by atoms with E-state index in [1.165, 1.54) is 5.57 Å². The normalized spacial score (nSPS) is 20.2. The molecule has 0 radical (unpaired) electrons. The van der Waals surface area contributed by atoms with E-state index in [0.29, 0.717) is 24.3 Å². The Hall–Kier alpha value is -3.01. The summed E-state index contributed by atoms with van der Waals surface area (Å²) in [6.07, 6.45) is 1.01. The first-order valence-electron chi connectivity index (χ1n) is 16.5. The molecule has 4 nitrogen and oxygen atoms in total. The quantitative estimate of drug-likeness (QED) is 0.312. The maximum atomic E-state index is 13.5. The molecular weight excluding hydrogens is 556 g/mol. The van der Waals surface area contributed by atoms with Gasteiger partial charge in [0, 0.05) is 0 Å². The van der Waals surface area contributed by atoms with E-state index >= 15 is 0 Å². The Balaban J connectivity index is 2.23. The molecule has 2 aromatic rings. The zero-order chi connectivity index (χ0) is 34.8. The Morgan fingerprint density at radius 1 is 0.667 bits per heavy atom. The minimum absolute atomic E-state index is 0.232. The van der Waals surface area contributed by atoms with Crippen LogP contribution in [0.5, 0.6) is 11.5 Å². The number of phenolic OH excluding ortho intramolecular Hbond substituents is 2. The van der Waals surface area contributed by atoms with Crippen molar-refractivity contribution < 1.29 is 20.1 Å². The zero-order valence-electron chi connectivity index (χ0n) is 31.1. The lowest BCUT2D eigenvalue weighted by Gasteiger charge is -2.43. The number of carbonyl (C=O) groups is 1. The number of carboxylic acids is 1. The van der Waals surface area contributed by atoms with Gasteiger partial charge >= 0.3 is 5.97 Å². The molecule has 0 spiro atoms. The van der Waals surface area contributed by atoms with Crippen LogP contribution in [0.15, 0.2) is 46.6 Å². The van der Waals surface area contributed by atoms with Crippen molar-refractivity contribution in [1.82, 2.24) is 0 Å². The summed E-state index contributed by atoms with van der Waals surface area (Å²) in [7, 11) is 0. The lowest BCUT2D eigenvalue weighted by atomic mass is 9.59. The molecule has 248 valence electrons. The molecule has 1 aliphatic carbocycles. The van der Waals surface area contributed by atoms with Crippen molar-refractivity contribution in [1.29, 1.82) is 0 Å². The molecule has 3 N–H and O–H groups in total. The van der Waals surface area contributed by atoms with Crippen molar-refractivity contribution in [3.63, 3.8) is 0 Å². The van der Waals surface area contributed by atoms with Gasteiger partial charge < -0.3 is 15.3 Å². The Kier molecular flexibility index (Phi) is 9.44. The molecule has 2 unspecified atom stereocenters. The number of aromatic hydroxyl groups is 2. The van der Waals surface area contributed by atoms with Crippen LogP contribution in [-0.4, -0.2) is 21.3 Å². The summed E-state index contributed by atoms with van der Waals surface area (Å²) >= 11 is 0. The minimum Gasteiger partial charge on any atom is -0.507 e. The predicted molar refractivity (Wildman–Crippen MR) is 189 cm³/mol. The predicted octanol–water partition coefficient (Wildman–Crippen LogP) is 10.4. The number of carboxylic acid groups (broad SMARTS) is 1. The number of rotatable bonds is 5. The second kappa shape index (κ2) is 11.7. The largest absolute Gasteiger partial charge is 0.507 e. The molecule has 2 atom stereocenters. The molecule has 0 heterocycles. The molecule has 0 saturated carbocycles. The summed E-state index contributed by atoms with van der Waals surface area (Å²) in [6, 6.07) is 8.32. The topological polar surface area (TPSA) is 77.8 Å². The fourth-order valence-electron chi connectivity index (χ4n) is 7.20. The van der Waals surface area contributed by atoms with Crippen molar-refractivity contribution in [3.05, 3.63) is 79.9 Å². The van der Waals surface area contributed by atoms with Crippen LogP contribution < -0.4 is 0 Å². The highest BCUT2D eigenvalue weighted by Crippen LogP contribution is 2.52. The van der Waals surface area contributed by atoms with Gasteiger partial charge in [-0.05, 0) is 106 Å². The lowest BCUT2D eigenvalue weighted by molar-refractivity contribution is -0.148. The van der Waals surface area contributed by atoms with Gasteiger partial charge in [-0.15, -0.1) is 0 Å². The summed E-state index contributed by atoms with van der Waals surface area (Å²) in [6.45, 7) is 33.5. The van der Waals surface area contributed by atoms with Crippen molar-refractivity contribution >= 4 is 5.97 Å². The molecule has 0 bridgehead atoms. The maximum absolute atomic E-state index is 13.5. The van der Waals surface area contributed by atoms with E-state index in [4.69, 9.17) is 0 Å².